The first-order chi connectivity index (χ1) is 9.96. The van der Waals surface area contributed by atoms with Crippen LogP contribution in [-0.4, -0.2) is 43.9 Å². The van der Waals surface area contributed by atoms with Crippen molar-refractivity contribution in [2.24, 2.45) is 10.9 Å². The molecule has 0 unspecified atom stereocenters. The smallest absolute Gasteiger partial charge is 0.303 e. The average Bonchev–Trinajstić information content (AvgIpc) is 2.54. The van der Waals surface area contributed by atoms with Crippen molar-refractivity contribution in [3.8, 4) is 0 Å². The lowest BCUT2D eigenvalue weighted by Crippen LogP contribution is -2.44. The summed E-state index contributed by atoms with van der Waals surface area (Å²) in [5.41, 5.74) is 6.48. The lowest BCUT2D eigenvalue weighted by molar-refractivity contribution is 0.318. The number of hydrogen-bond acceptors (Lipinski definition) is 4. The van der Waals surface area contributed by atoms with Crippen LogP contribution >= 0.6 is 0 Å². The van der Waals surface area contributed by atoms with Crippen molar-refractivity contribution in [3.05, 3.63) is 29.8 Å². The Labute approximate surface area is 124 Å². The zero-order chi connectivity index (χ0) is 15.5. The number of nitrogens with two attached hydrogens (primary N) is 1. The van der Waals surface area contributed by atoms with Crippen molar-refractivity contribution in [1.29, 1.82) is 0 Å². The van der Waals surface area contributed by atoms with Crippen LogP contribution in [0, 0.1) is 0 Å². The highest BCUT2D eigenvalue weighted by Crippen LogP contribution is 2.22. The van der Waals surface area contributed by atoms with Crippen LogP contribution in [0.5, 0.6) is 0 Å². The van der Waals surface area contributed by atoms with Gasteiger partial charge in [0.15, 0.2) is 5.84 Å². The second-order valence-corrected chi connectivity index (χ2v) is 6.93. The molecule has 3 N–H and O–H groups in total. The molecule has 0 bridgehead atoms. The van der Waals surface area contributed by atoms with E-state index in [0.29, 0.717) is 24.3 Å². The van der Waals surface area contributed by atoms with Gasteiger partial charge in [0.2, 0.25) is 0 Å². The van der Waals surface area contributed by atoms with Crippen molar-refractivity contribution < 1.29 is 13.6 Å². The molecule has 0 atom stereocenters. The summed E-state index contributed by atoms with van der Waals surface area (Å²) in [7, 11) is -2.03. The van der Waals surface area contributed by atoms with E-state index in [1.54, 1.807) is 24.3 Å². The van der Waals surface area contributed by atoms with E-state index in [0.717, 1.165) is 19.3 Å². The normalized spacial score (nSPS) is 17.7. The Hall–Kier alpha value is -1.80. The number of benzene rings is 1. The number of nitrogens with zero attached hydrogens (tertiary/aromatic N) is 3. The molecule has 21 heavy (non-hydrogen) atoms. The first-order valence-corrected chi connectivity index (χ1v) is 8.18. The van der Waals surface area contributed by atoms with E-state index in [9.17, 15) is 8.42 Å². The minimum atomic E-state index is -3.54. The molecule has 116 valence electrons. The van der Waals surface area contributed by atoms with Crippen LogP contribution < -0.4 is 10.0 Å². The van der Waals surface area contributed by atoms with Crippen molar-refractivity contribution in [3.63, 3.8) is 0 Å². The van der Waals surface area contributed by atoms with E-state index < -0.39 is 10.2 Å². The Morgan fingerprint density at radius 3 is 2.62 bits per heavy atom. The number of rotatable bonds is 4. The minimum Gasteiger partial charge on any atom is -0.409 e. The summed E-state index contributed by atoms with van der Waals surface area (Å²) in [4.78, 5) is 0. The van der Waals surface area contributed by atoms with E-state index in [1.807, 2.05) is 0 Å². The third-order valence-electron chi connectivity index (χ3n) is 3.60. The number of hydrogen-bond donors (Lipinski definition) is 2. The van der Waals surface area contributed by atoms with E-state index in [2.05, 4.69) is 5.16 Å². The van der Waals surface area contributed by atoms with Gasteiger partial charge in [-0.15, -0.1) is 0 Å². The molecule has 0 amide bonds. The molecule has 8 heteroatoms. The molecule has 1 heterocycles. The van der Waals surface area contributed by atoms with Gasteiger partial charge in [-0.1, -0.05) is 23.7 Å². The van der Waals surface area contributed by atoms with E-state index in [4.69, 9.17) is 10.9 Å². The van der Waals surface area contributed by atoms with Gasteiger partial charge in [-0.3, -0.25) is 4.31 Å². The molecule has 0 aromatic heterocycles. The highest BCUT2D eigenvalue weighted by atomic mass is 32.2. The van der Waals surface area contributed by atoms with Gasteiger partial charge in [0.1, 0.15) is 0 Å². The first-order valence-electron chi connectivity index (χ1n) is 6.79. The molecule has 1 aromatic rings. The van der Waals surface area contributed by atoms with Gasteiger partial charge in [-0.05, 0) is 25.0 Å². The number of oxime groups is 1. The van der Waals surface area contributed by atoms with Gasteiger partial charge in [0.25, 0.3) is 0 Å². The lowest BCUT2D eigenvalue weighted by Gasteiger charge is -2.31. The standard InChI is InChI=1S/C13H20N4O3S/c1-16(21(19,20)17-8-3-2-4-9-17)12-7-5-6-11(10-12)13(14)15-18/h5-7,10,18H,2-4,8-9H2,1H3,(H2,14,15). The molecule has 1 saturated heterocycles. The average molecular weight is 312 g/mol. The van der Waals surface area contributed by atoms with Crippen LogP contribution in [0.4, 0.5) is 5.69 Å². The zero-order valence-corrected chi connectivity index (χ0v) is 12.8. The van der Waals surface area contributed by atoms with Crippen molar-refractivity contribution >= 4 is 21.7 Å². The Morgan fingerprint density at radius 2 is 2.00 bits per heavy atom. The maximum Gasteiger partial charge on any atom is 0.303 e. The van der Waals surface area contributed by atoms with Crippen LogP contribution in [0.3, 0.4) is 0 Å². The zero-order valence-electron chi connectivity index (χ0n) is 11.9. The second-order valence-electron chi connectivity index (χ2n) is 4.97. The highest BCUT2D eigenvalue weighted by Gasteiger charge is 2.28. The summed E-state index contributed by atoms with van der Waals surface area (Å²) < 4.78 is 27.9. The summed E-state index contributed by atoms with van der Waals surface area (Å²) in [6.07, 6.45) is 2.84. The molecule has 2 rings (SSSR count). The summed E-state index contributed by atoms with van der Waals surface area (Å²) >= 11 is 0. The fourth-order valence-electron chi connectivity index (χ4n) is 2.32. The Morgan fingerprint density at radius 1 is 1.33 bits per heavy atom. The minimum absolute atomic E-state index is 0.0550. The first kappa shape index (κ1) is 15.6. The molecule has 1 aliphatic heterocycles. The maximum atomic E-state index is 12.6. The second kappa shape index (κ2) is 6.31. The largest absolute Gasteiger partial charge is 0.409 e. The fourth-order valence-corrected chi connectivity index (χ4v) is 3.77. The topological polar surface area (TPSA) is 99.2 Å². The molecular formula is C13H20N4O3S. The molecule has 1 fully saturated rings. The van der Waals surface area contributed by atoms with Gasteiger partial charge >= 0.3 is 10.2 Å². The van der Waals surface area contributed by atoms with Gasteiger partial charge in [-0.25, -0.2) is 0 Å². The molecule has 1 aliphatic rings. The molecule has 0 aliphatic carbocycles. The fraction of sp³-hybridized carbons (Fsp3) is 0.462. The third-order valence-corrected chi connectivity index (χ3v) is 5.52. The van der Waals surface area contributed by atoms with E-state index in [1.165, 1.54) is 15.7 Å². The maximum absolute atomic E-state index is 12.6. The van der Waals surface area contributed by atoms with Crippen LogP contribution in [-0.2, 0) is 10.2 Å². The van der Waals surface area contributed by atoms with Crippen LogP contribution in [0.1, 0.15) is 24.8 Å². The molecular weight excluding hydrogens is 292 g/mol. The number of amidine groups is 1. The summed E-state index contributed by atoms with van der Waals surface area (Å²) in [6, 6.07) is 6.58. The van der Waals surface area contributed by atoms with Crippen molar-refractivity contribution in [2.45, 2.75) is 19.3 Å². The van der Waals surface area contributed by atoms with Gasteiger partial charge < -0.3 is 10.9 Å². The summed E-state index contributed by atoms with van der Waals surface area (Å²) in [6.45, 7) is 1.10. The van der Waals surface area contributed by atoms with Crippen LogP contribution in [0.2, 0.25) is 0 Å². The molecule has 0 radical (unpaired) electrons. The lowest BCUT2D eigenvalue weighted by atomic mass is 10.2. The number of anilines is 1. The molecule has 0 spiro atoms. The molecule has 7 nitrogen and oxygen atoms in total. The Kier molecular flexibility index (Phi) is 4.69. The third kappa shape index (κ3) is 3.27. The Bertz CT molecular complexity index is 624. The van der Waals surface area contributed by atoms with Crippen LogP contribution in [0.25, 0.3) is 0 Å². The predicted octanol–water partition coefficient (Wildman–Crippen LogP) is 0.948. The monoisotopic (exact) mass is 312 g/mol. The number of piperidine rings is 1. The Balaban J connectivity index is 2.28. The SMILES string of the molecule is CN(c1cccc(C(N)=NO)c1)S(=O)(=O)N1CCCCC1. The quantitative estimate of drug-likeness (QED) is 0.374. The predicted molar refractivity (Wildman–Crippen MR) is 81.7 cm³/mol. The molecule has 0 saturated carbocycles. The van der Waals surface area contributed by atoms with Gasteiger partial charge in [0.05, 0.1) is 5.69 Å². The van der Waals surface area contributed by atoms with Gasteiger partial charge in [0, 0.05) is 25.7 Å². The molecule has 1 aromatic carbocycles. The summed E-state index contributed by atoms with van der Waals surface area (Å²) in [5, 5.41) is 11.6. The van der Waals surface area contributed by atoms with Gasteiger partial charge in [-0.2, -0.15) is 12.7 Å². The summed E-state index contributed by atoms with van der Waals surface area (Å²) in [5.74, 6) is -0.0550. The van der Waals surface area contributed by atoms with E-state index in [-0.39, 0.29) is 5.84 Å². The highest BCUT2D eigenvalue weighted by molar-refractivity contribution is 7.90. The van der Waals surface area contributed by atoms with Crippen molar-refractivity contribution in [1.82, 2.24) is 4.31 Å². The van der Waals surface area contributed by atoms with E-state index >= 15 is 0 Å². The van der Waals surface area contributed by atoms with Crippen LogP contribution in [0.15, 0.2) is 29.4 Å². The van der Waals surface area contributed by atoms with Crippen molar-refractivity contribution in [2.75, 3.05) is 24.4 Å².